The number of allylic oxidation sites excluding steroid dienone is 7. The second-order valence-corrected chi connectivity index (χ2v) is 10.4. The molecule has 160 valence electrons. The van der Waals surface area contributed by atoms with Crippen LogP contribution < -0.4 is 5.73 Å². The lowest BCUT2D eigenvalue weighted by Gasteiger charge is -2.42. The molecule has 0 aromatic heterocycles. The summed E-state index contributed by atoms with van der Waals surface area (Å²) in [5.74, 6) is 5.08. The van der Waals surface area contributed by atoms with E-state index in [0.717, 1.165) is 42.6 Å². The molecule has 0 aromatic rings. The molecule has 2 N–H and O–H groups in total. The molecule has 0 saturated heterocycles. The van der Waals surface area contributed by atoms with Gasteiger partial charge in [-0.05, 0) is 113 Å². The van der Waals surface area contributed by atoms with Crippen LogP contribution >= 0.6 is 0 Å². The quantitative estimate of drug-likeness (QED) is 0.485. The van der Waals surface area contributed by atoms with Crippen LogP contribution in [0.1, 0.15) is 84.5 Å². The number of hydrogen-bond donors (Lipinski definition) is 1. The minimum absolute atomic E-state index is 0.612. The van der Waals surface area contributed by atoms with Crippen molar-refractivity contribution in [2.24, 2.45) is 41.2 Å². The van der Waals surface area contributed by atoms with Crippen LogP contribution in [0.25, 0.3) is 0 Å². The Hall–Kier alpha value is -1.08. The number of hydrogen-bond acceptors (Lipinski definition) is 1. The molecule has 1 fully saturated rings. The van der Waals surface area contributed by atoms with E-state index in [2.05, 4.69) is 44.2 Å². The van der Waals surface area contributed by atoms with Gasteiger partial charge in [0.15, 0.2) is 0 Å². The molecule has 0 bridgehead atoms. The van der Waals surface area contributed by atoms with E-state index in [1.165, 1.54) is 69.8 Å². The lowest BCUT2D eigenvalue weighted by atomic mass is 9.63. The topological polar surface area (TPSA) is 26.0 Å². The van der Waals surface area contributed by atoms with E-state index in [4.69, 9.17) is 5.73 Å². The van der Waals surface area contributed by atoms with Crippen LogP contribution in [0.15, 0.2) is 47.1 Å². The molecule has 4 aliphatic rings. The van der Waals surface area contributed by atoms with Crippen LogP contribution in [0.5, 0.6) is 0 Å². The summed E-state index contributed by atoms with van der Waals surface area (Å²) in [5, 5.41) is 0. The Morgan fingerprint density at radius 3 is 2.59 bits per heavy atom. The number of fused-ring (bicyclic) bond motifs is 1. The Morgan fingerprint density at radius 1 is 1.03 bits per heavy atom. The third-order valence-corrected chi connectivity index (χ3v) is 8.60. The van der Waals surface area contributed by atoms with Crippen LogP contribution in [0, 0.1) is 35.5 Å². The predicted molar refractivity (Wildman–Crippen MR) is 126 cm³/mol. The molecule has 6 atom stereocenters. The van der Waals surface area contributed by atoms with Gasteiger partial charge in [-0.15, -0.1) is 0 Å². The third kappa shape index (κ3) is 4.98. The van der Waals surface area contributed by atoms with Gasteiger partial charge in [-0.2, -0.15) is 0 Å². The van der Waals surface area contributed by atoms with E-state index in [9.17, 15) is 0 Å². The largest absolute Gasteiger partial charge is 0.327 e. The number of rotatable bonds is 5. The van der Waals surface area contributed by atoms with Crippen molar-refractivity contribution in [1.29, 1.82) is 0 Å². The molecular weight excluding hydrogens is 350 g/mol. The Balaban J connectivity index is 1.34. The molecule has 0 amide bonds. The molecule has 0 spiro atoms. The second-order valence-electron chi connectivity index (χ2n) is 10.4. The van der Waals surface area contributed by atoms with E-state index < -0.39 is 0 Å². The van der Waals surface area contributed by atoms with E-state index in [1.807, 2.05) is 5.57 Å². The zero-order valence-electron chi connectivity index (χ0n) is 18.9. The maximum absolute atomic E-state index is 6.00. The highest BCUT2D eigenvalue weighted by atomic mass is 14.5. The van der Waals surface area contributed by atoms with Crippen LogP contribution in [-0.2, 0) is 0 Å². The van der Waals surface area contributed by atoms with Crippen molar-refractivity contribution in [2.45, 2.75) is 84.5 Å². The van der Waals surface area contributed by atoms with Gasteiger partial charge in [0, 0.05) is 6.54 Å². The molecule has 1 nitrogen and oxygen atoms in total. The van der Waals surface area contributed by atoms with Crippen molar-refractivity contribution in [1.82, 2.24) is 0 Å². The highest BCUT2D eigenvalue weighted by Crippen LogP contribution is 2.48. The standard InChI is InChI=1S/C28H43N/c1-3-5-28(19-29)22-10-8-21(9-11-22)24-12-13-27-18-25(14-15-26(27)17-24)23-7-4-6-20(2)16-23/h5-6,8,10,18,21-24,26-27H,3-4,7,9,11-17,19,29H2,1-2H3/b28-5+. The van der Waals surface area contributed by atoms with Gasteiger partial charge in [0.05, 0.1) is 0 Å². The average molecular weight is 394 g/mol. The molecule has 1 saturated carbocycles. The van der Waals surface area contributed by atoms with Crippen molar-refractivity contribution >= 4 is 0 Å². The summed E-state index contributed by atoms with van der Waals surface area (Å²) in [6.07, 6.45) is 27.7. The summed E-state index contributed by atoms with van der Waals surface area (Å²) in [4.78, 5) is 0. The first-order valence-corrected chi connectivity index (χ1v) is 12.6. The van der Waals surface area contributed by atoms with Gasteiger partial charge in [-0.3, -0.25) is 0 Å². The first kappa shape index (κ1) is 21.2. The molecule has 29 heavy (non-hydrogen) atoms. The minimum Gasteiger partial charge on any atom is -0.327 e. The first-order chi connectivity index (χ1) is 14.2. The molecule has 0 radical (unpaired) electrons. The van der Waals surface area contributed by atoms with Crippen molar-refractivity contribution in [3.63, 3.8) is 0 Å². The highest BCUT2D eigenvalue weighted by Gasteiger charge is 2.36. The molecule has 0 aliphatic heterocycles. The predicted octanol–water partition coefficient (Wildman–Crippen LogP) is 7.36. The van der Waals surface area contributed by atoms with Crippen LogP contribution in [-0.4, -0.2) is 6.54 Å². The van der Waals surface area contributed by atoms with Gasteiger partial charge < -0.3 is 5.73 Å². The molecule has 4 aliphatic carbocycles. The van der Waals surface area contributed by atoms with E-state index in [0.29, 0.717) is 5.92 Å². The number of nitrogens with two attached hydrogens (primary N) is 1. The fraction of sp³-hybridized carbons (Fsp3) is 0.714. The minimum atomic E-state index is 0.612. The van der Waals surface area contributed by atoms with Crippen LogP contribution in [0.2, 0.25) is 0 Å². The smallest absolute Gasteiger partial charge is 0.0142 e. The van der Waals surface area contributed by atoms with Crippen molar-refractivity contribution in [2.75, 3.05) is 6.54 Å². The zero-order valence-corrected chi connectivity index (χ0v) is 18.9. The van der Waals surface area contributed by atoms with Gasteiger partial charge in [-0.25, -0.2) is 0 Å². The molecule has 1 heteroatoms. The summed E-state index contributed by atoms with van der Waals surface area (Å²) >= 11 is 0. The first-order valence-electron chi connectivity index (χ1n) is 12.6. The summed E-state index contributed by atoms with van der Waals surface area (Å²) in [5.41, 5.74) is 10.9. The van der Waals surface area contributed by atoms with Gasteiger partial charge in [0.2, 0.25) is 0 Å². The maximum Gasteiger partial charge on any atom is 0.0142 e. The molecule has 4 rings (SSSR count). The Bertz CT molecular complexity index is 678. The Labute approximate surface area is 179 Å². The fourth-order valence-corrected chi connectivity index (χ4v) is 6.93. The molecule has 0 heterocycles. The van der Waals surface area contributed by atoms with Crippen molar-refractivity contribution < 1.29 is 0 Å². The zero-order chi connectivity index (χ0) is 20.2. The lowest BCUT2D eigenvalue weighted by Crippen LogP contribution is -2.31. The van der Waals surface area contributed by atoms with Gasteiger partial charge in [0.1, 0.15) is 0 Å². The normalized spacial score (nSPS) is 38.2. The average Bonchev–Trinajstić information content (AvgIpc) is 2.77. The van der Waals surface area contributed by atoms with Gasteiger partial charge >= 0.3 is 0 Å². The van der Waals surface area contributed by atoms with E-state index >= 15 is 0 Å². The molecule has 0 aromatic carbocycles. The van der Waals surface area contributed by atoms with Gasteiger partial charge in [0.25, 0.3) is 0 Å². The second kappa shape index (κ2) is 9.82. The fourth-order valence-electron chi connectivity index (χ4n) is 6.93. The van der Waals surface area contributed by atoms with E-state index in [-0.39, 0.29) is 0 Å². The van der Waals surface area contributed by atoms with E-state index in [1.54, 1.807) is 5.57 Å². The van der Waals surface area contributed by atoms with Gasteiger partial charge in [-0.1, -0.05) is 54.0 Å². The monoisotopic (exact) mass is 393 g/mol. The van der Waals surface area contributed by atoms with Crippen LogP contribution in [0.4, 0.5) is 0 Å². The maximum atomic E-state index is 6.00. The van der Waals surface area contributed by atoms with Crippen LogP contribution in [0.3, 0.4) is 0 Å². The molecular formula is C28H43N. The SMILES string of the molecule is CC/C=C(\CN)C1C=CC(C2CCC3C=C(C4CCC=C(C)C4)CCC3C2)CC1. The highest BCUT2D eigenvalue weighted by molar-refractivity contribution is 5.20. The third-order valence-electron chi connectivity index (χ3n) is 8.60. The lowest BCUT2D eigenvalue weighted by molar-refractivity contribution is 0.152. The summed E-state index contributed by atoms with van der Waals surface area (Å²) in [6, 6.07) is 0. The summed E-state index contributed by atoms with van der Waals surface area (Å²) in [7, 11) is 0. The molecule has 6 unspecified atom stereocenters. The van der Waals surface area contributed by atoms with Crippen molar-refractivity contribution in [3.05, 3.63) is 47.1 Å². The Kier molecular flexibility index (Phi) is 7.16. The summed E-state index contributed by atoms with van der Waals surface area (Å²) < 4.78 is 0. The summed E-state index contributed by atoms with van der Waals surface area (Å²) in [6.45, 7) is 5.28. The Morgan fingerprint density at radius 2 is 1.86 bits per heavy atom. The van der Waals surface area contributed by atoms with Crippen molar-refractivity contribution in [3.8, 4) is 0 Å².